The summed E-state index contributed by atoms with van der Waals surface area (Å²) in [6.45, 7) is 2.53. The third-order valence-corrected chi connectivity index (χ3v) is 4.00. The van der Waals surface area contributed by atoms with E-state index in [1.807, 2.05) is 6.92 Å². The number of aromatic amines is 1. The van der Waals surface area contributed by atoms with Crippen molar-refractivity contribution in [2.45, 2.75) is 32.6 Å². The highest BCUT2D eigenvalue weighted by molar-refractivity contribution is 5.94. The highest BCUT2D eigenvalue weighted by Crippen LogP contribution is 2.35. The molecule has 2 N–H and O–H groups in total. The molecule has 2 rings (SSSR count). The van der Waals surface area contributed by atoms with E-state index in [1.165, 1.54) is 17.4 Å². The molecule has 1 aromatic rings. The van der Waals surface area contributed by atoms with Crippen molar-refractivity contribution in [1.29, 1.82) is 0 Å². The number of carbonyl (C=O) groups is 2. The number of nitrogens with zero attached hydrogens (tertiary/aromatic N) is 2. The van der Waals surface area contributed by atoms with Gasteiger partial charge < -0.3 is 15.0 Å². The predicted octanol–water partition coefficient (Wildman–Crippen LogP) is 0.877. The number of carboxylic acid groups (broad SMARTS) is 1. The minimum atomic E-state index is -0.905. The number of piperidine rings is 1. The number of nitrogens with one attached hydrogen (secondary N) is 1. The standard InChI is InChI=1S/C14H19N3O4/c1-2-4-14(13(20)21)5-3-6-17(8-14)12(19)10-7-15-9-16-11(10)18/h7,9H,2-6,8H2,1H3,(H,20,21)(H,15,16,18)/t14-/m1/s1. The van der Waals surface area contributed by atoms with Crippen molar-refractivity contribution in [3.63, 3.8) is 0 Å². The Bertz CT molecular complexity index is 594. The van der Waals surface area contributed by atoms with E-state index >= 15 is 0 Å². The van der Waals surface area contributed by atoms with Crippen LogP contribution in [0.1, 0.15) is 43.0 Å². The second-order valence-corrected chi connectivity index (χ2v) is 5.46. The Hall–Kier alpha value is -2.18. The third-order valence-electron chi connectivity index (χ3n) is 4.00. The highest BCUT2D eigenvalue weighted by atomic mass is 16.4. The van der Waals surface area contributed by atoms with Crippen LogP contribution in [0.2, 0.25) is 0 Å². The van der Waals surface area contributed by atoms with Crippen LogP contribution in [-0.4, -0.2) is 44.9 Å². The van der Waals surface area contributed by atoms with Gasteiger partial charge in [0.25, 0.3) is 11.5 Å². The van der Waals surface area contributed by atoms with Crippen LogP contribution in [0, 0.1) is 5.41 Å². The van der Waals surface area contributed by atoms with Crippen molar-refractivity contribution in [1.82, 2.24) is 14.9 Å². The van der Waals surface area contributed by atoms with Crippen molar-refractivity contribution < 1.29 is 14.7 Å². The number of carboxylic acids is 1. The summed E-state index contributed by atoms with van der Waals surface area (Å²) < 4.78 is 0. The molecule has 0 spiro atoms. The molecule has 7 heteroatoms. The molecule has 1 fully saturated rings. The van der Waals surface area contributed by atoms with Gasteiger partial charge in [0.15, 0.2) is 0 Å². The minimum Gasteiger partial charge on any atom is -0.481 e. The quantitative estimate of drug-likeness (QED) is 0.857. The lowest BCUT2D eigenvalue weighted by Gasteiger charge is -2.39. The molecule has 1 aliphatic rings. The van der Waals surface area contributed by atoms with E-state index in [-0.39, 0.29) is 12.1 Å². The Morgan fingerprint density at radius 3 is 2.90 bits per heavy atom. The molecule has 1 aromatic heterocycles. The van der Waals surface area contributed by atoms with Gasteiger partial charge in [-0.05, 0) is 19.3 Å². The molecule has 0 aliphatic carbocycles. The summed E-state index contributed by atoms with van der Waals surface area (Å²) in [4.78, 5) is 43.3. The molecule has 0 aromatic carbocycles. The van der Waals surface area contributed by atoms with Gasteiger partial charge in [-0.25, -0.2) is 4.98 Å². The fourth-order valence-corrected chi connectivity index (χ4v) is 2.94. The van der Waals surface area contributed by atoms with Gasteiger partial charge in [-0.1, -0.05) is 13.3 Å². The van der Waals surface area contributed by atoms with Gasteiger partial charge in [-0.15, -0.1) is 0 Å². The van der Waals surface area contributed by atoms with Crippen LogP contribution < -0.4 is 5.56 Å². The van der Waals surface area contributed by atoms with Crippen molar-refractivity contribution in [3.05, 3.63) is 28.4 Å². The first-order chi connectivity index (χ1) is 10.00. The molecule has 2 heterocycles. The zero-order chi connectivity index (χ0) is 15.5. The van der Waals surface area contributed by atoms with Crippen LogP contribution in [0.3, 0.4) is 0 Å². The summed E-state index contributed by atoms with van der Waals surface area (Å²) in [6, 6.07) is 0. The summed E-state index contributed by atoms with van der Waals surface area (Å²) in [7, 11) is 0. The van der Waals surface area contributed by atoms with Gasteiger partial charge >= 0.3 is 5.97 Å². The summed E-state index contributed by atoms with van der Waals surface area (Å²) in [5.74, 6) is -1.33. The van der Waals surface area contributed by atoms with Crippen LogP contribution >= 0.6 is 0 Å². The molecule has 1 amide bonds. The lowest BCUT2D eigenvalue weighted by atomic mass is 9.76. The number of carbonyl (C=O) groups excluding carboxylic acids is 1. The van der Waals surface area contributed by atoms with Gasteiger partial charge in [0, 0.05) is 19.3 Å². The Morgan fingerprint density at radius 2 is 2.29 bits per heavy atom. The van der Waals surface area contributed by atoms with Crippen molar-refractivity contribution in [3.8, 4) is 0 Å². The van der Waals surface area contributed by atoms with Crippen molar-refractivity contribution >= 4 is 11.9 Å². The lowest BCUT2D eigenvalue weighted by Crippen LogP contribution is -2.50. The van der Waals surface area contributed by atoms with E-state index in [0.717, 1.165) is 6.42 Å². The number of H-pyrrole nitrogens is 1. The summed E-state index contributed by atoms with van der Waals surface area (Å²) >= 11 is 0. The number of amides is 1. The number of rotatable bonds is 4. The fraction of sp³-hybridized carbons (Fsp3) is 0.571. The van der Waals surface area contributed by atoms with Crippen LogP contribution in [0.15, 0.2) is 17.3 Å². The molecule has 7 nitrogen and oxygen atoms in total. The molecular weight excluding hydrogens is 274 g/mol. The zero-order valence-corrected chi connectivity index (χ0v) is 12.0. The number of aromatic nitrogens is 2. The first-order valence-corrected chi connectivity index (χ1v) is 7.05. The number of hydrogen-bond acceptors (Lipinski definition) is 4. The predicted molar refractivity (Wildman–Crippen MR) is 75.0 cm³/mol. The molecule has 1 atom stereocenters. The highest BCUT2D eigenvalue weighted by Gasteiger charge is 2.43. The summed E-state index contributed by atoms with van der Waals surface area (Å²) in [6.07, 6.45) is 4.88. The van der Waals surface area contributed by atoms with Gasteiger partial charge in [-0.3, -0.25) is 14.4 Å². The Kier molecular flexibility index (Phi) is 4.40. The molecule has 1 saturated heterocycles. The second-order valence-electron chi connectivity index (χ2n) is 5.46. The Morgan fingerprint density at radius 1 is 1.52 bits per heavy atom. The SMILES string of the molecule is CCC[C@@]1(C(=O)O)CCCN(C(=O)c2cnc[nH]c2=O)C1. The maximum absolute atomic E-state index is 12.4. The molecule has 114 valence electrons. The van der Waals surface area contributed by atoms with Crippen molar-refractivity contribution in [2.75, 3.05) is 13.1 Å². The fourth-order valence-electron chi connectivity index (χ4n) is 2.94. The molecule has 0 bridgehead atoms. The van der Waals surface area contributed by atoms with E-state index in [4.69, 9.17) is 0 Å². The molecule has 21 heavy (non-hydrogen) atoms. The topological polar surface area (TPSA) is 103 Å². The second kappa shape index (κ2) is 6.07. The number of likely N-dealkylation sites (tertiary alicyclic amines) is 1. The van der Waals surface area contributed by atoms with Gasteiger partial charge in [0.2, 0.25) is 0 Å². The third kappa shape index (κ3) is 2.96. The van der Waals surface area contributed by atoms with Crippen LogP contribution in [0.5, 0.6) is 0 Å². The number of aliphatic carboxylic acids is 1. The number of hydrogen-bond donors (Lipinski definition) is 2. The minimum absolute atomic E-state index is 0.0461. The smallest absolute Gasteiger partial charge is 0.311 e. The van der Waals surface area contributed by atoms with Gasteiger partial charge in [0.05, 0.1) is 11.7 Å². The van der Waals surface area contributed by atoms with Crippen LogP contribution in [0.25, 0.3) is 0 Å². The summed E-state index contributed by atoms with van der Waals surface area (Å²) in [5.41, 5.74) is -1.45. The van der Waals surface area contributed by atoms with Crippen LogP contribution in [0.4, 0.5) is 0 Å². The first-order valence-electron chi connectivity index (χ1n) is 7.05. The van der Waals surface area contributed by atoms with Crippen molar-refractivity contribution in [2.24, 2.45) is 5.41 Å². The zero-order valence-electron chi connectivity index (χ0n) is 12.0. The van der Waals surface area contributed by atoms with Gasteiger partial charge in [-0.2, -0.15) is 0 Å². The van der Waals surface area contributed by atoms with Gasteiger partial charge in [0.1, 0.15) is 5.56 Å². The monoisotopic (exact) mass is 293 g/mol. The lowest BCUT2D eigenvalue weighted by molar-refractivity contribution is -0.152. The van der Waals surface area contributed by atoms with E-state index in [0.29, 0.717) is 25.8 Å². The van der Waals surface area contributed by atoms with E-state index < -0.39 is 22.9 Å². The van der Waals surface area contributed by atoms with E-state index in [1.54, 1.807) is 0 Å². The molecule has 1 aliphatic heterocycles. The average Bonchev–Trinajstić information content (AvgIpc) is 2.47. The van der Waals surface area contributed by atoms with E-state index in [2.05, 4.69) is 9.97 Å². The maximum atomic E-state index is 12.4. The normalized spacial score (nSPS) is 22.0. The van der Waals surface area contributed by atoms with Crippen LogP contribution in [-0.2, 0) is 4.79 Å². The Balaban J connectivity index is 2.25. The average molecular weight is 293 g/mol. The first kappa shape index (κ1) is 15.2. The van der Waals surface area contributed by atoms with E-state index in [9.17, 15) is 19.5 Å². The molecule has 0 radical (unpaired) electrons. The Labute approximate surface area is 122 Å². The molecule has 0 saturated carbocycles. The largest absolute Gasteiger partial charge is 0.481 e. The molecule has 0 unspecified atom stereocenters. The maximum Gasteiger partial charge on any atom is 0.311 e. The summed E-state index contributed by atoms with van der Waals surface area (Å²) in [5, 5.41) is 9.53. The molecular formula is C14H19N3O4.